The van der Waals surface area contributed by atoms with Crippen molar-refractivity contribution < 1.29 is 4.42 Å². The highest BCUT2D eigenvalue weighted by Crippen LogP contribution is 2.27. The van der Waals surface area contributed by atoms with Crippen molar-refractivity contribution in [2.24, 2.45) is 0 Å². The first-order chi connectivity index (χ1) is 7.16. The lowest BCUT2D eigenvalue weighted by Gasteiger charge is -2.03. The van der Waals surface area contributed by atoms with Crippen LogP contribution in [0.2, 0.25) is 0 Å². The molecule has 2 rings (SSSR count). The van der Waals surface area contributed by atoms with Gasteiger partial charge in [-0.15, -0.1) is 0 Å². The number of hydrogen-bond donors (Lipinski definition) is 0. The van der Waals surface area contributed by atoms with Crippen LogP contribution in [0.1, 0.15) is 5.76 Å². The molecule has 0 atom stereocenters. The number of hydrogen-bond acceptors (Lipinski definition) is 2. The van der Waals surface area contributed by atoms with Crippen LogP contribution in [-0.2, 0) is 0 Å². The molecule has 0 bridgehead atoms. The van der Waals surface area contributed by atoms with Crippen molar-refractivity contribution in [1.29, 1.82) is 0 Å². The van der Waals surface area contributed by atoms with Gasteiger partial charge in [-0.05, 0) is 30.2 Å². The Morgan fingerprint density at radius 3 is 2.60 bits per heavy atom. The van der Waals surface area contributed by atoms with Gasteiger partial charge in [0.05, 0.1) is 0 Å². The van der Waals surface area contributed by atoms with Crippen LogP contribution < -0.4 is 5.63 Å². The van der Waals surface area contributed by atoms with Crippen molar-refractivity contribution in [3.8, 4) is 11.1 Å². The average Bonchev–Trinajstić information content (AvgIpc) is 2.16. The second-order valence-electron chi connectivity index (χ2n) is 3.26. The number of benzene rings is 1. The molecule has 0 amide bonds. The van der Waals surface area contributed by atoms with Crippen LogP contribution in [0.4, 0.5) is 0 Å². The van der Waals surface area contributed by atoms with Crippen molar-refractivity contribution in [1.82, 2.24) is 0 Å². The van der Waals surface area contributed by atoms with Crippen LogP contribution in [0.25, 0.3) is 11.1 Å². The summed E-state index contributed by atoms with van der Waals surface area (Å²) in [5.74, 6) is 0.619. The Balaban J connectivity index is 2.64. The SMILES string of the molecule is Cc1cc(-c2ccccc2Br)cc(=O)o1. The first kappa shape index (κ1) is 10.2. The van der Waals surface area contributed by atoms with E-state index in [0.29, 0.717) is 5.76 Å². The molecule has 0 aliphatic rings. The van der Waals surface area contributed by atoms with Gasteiger partial charge < -0.3 is 4.42 Å². The predicted octanol–water partition coefficient (Wildman–Crippen LogP) is 3.38. The van der Waals surface area contributed by atoms with Crippen molar-refractivity contribution in [2.45, 2.75) is 6.92 Å². The maximum absolute atomic E-state index is 11.2. The summed E-state index contributed by atoms with van der Waals surface area (Å²) in [6.45, 7) is 1.77. The van der Waals surface area contributed by atoms with Gasteiger partial charge in [-0.3, -0.25) is 0 Å². The van der Waals surface area contributed by atoms with Crippen molar-refractivity contribution >= 4 is 15.9 Å². The quantitative estimate of drug-likeness (QED) is 0.791. The summed E-state index contributed by atoms with van der Waals surface area (Å²) in [5, 5.41) is 0. The minimum Gasteiger partial charge on any atom is -0.428 e. The van der Waals surface area contributed by atoms with Crippen molar-refractivity contribution in [3.63, 3.8) is 0 Å². The average molecular weight is 265 g/mol. The Morgan fingerprint density at radius 1 is 1.20 bits per heavy atom. The lowest BCUT2D eigenvalue weighted by Crippen LogP contribution is -1.98. The topological polar surface area (TPSA) is 30.2 Å². The molecule has 3 heteroatoms. The van der Waals surface area contributed by atoms with Crippen LogP contribution in [0.3, 0.4) is 0 Å². The standard InChI is InChI=1S/C12H9BrO2/c1-8-6-9(7-12(14)15-8)10-4-2-3-5-11(10)13/h2-7H,1H3. The molecular formula is C12H9BrO2. The van der Waals surface area contributed by atoms with Crippen LogP contribution in [0, 0.1) is 6.92 Å². The van der Waals surface area contributed by atoms with E-state index in [1.54, 1.807) is 6.92 Å². The molecule has 1 aromatic carbocycles. The minimum absolute atomic E-state index is 0.319. The van der Waals surface area contributed by atoms with Crippen LogP contribution >= 0.6 is 15.9 Å². The van der Waals surface area contributed by atoms with Crippen LogP contribution in [-0.4, -0.2) is 0 Å². The zero-order valence-electron chi connectivity index (χ0n) is 8.16. The summed E-state index contributed by atoms with van der Waals surface area (Å²) in [6.07, 6.45) is 0. The fourth-order valence-electron chi connectivity index (χ4n) is 1.46. The highest BCUT2D eigenvalue weighted by atomic mass is 79.9. The summed E-state index contributed by atoms with van der Waals surface area (Å²) in [4.78, 5) is 11.2. The van der Waals surface area contributed by atoms with Gasteiger partial charge in [0, 0.05) is 10.5 Å². The summed E-state index contributed by atoms with van der Waals surface area (Å²) in [7, 11) is 0. The van der Waals surface area contributed by atoms with Crippen molar-refractivity contribution in [3.05, 3.63) is 57.1 Å². The smallest absolute Gasteiger partial charge is 0.336 e. The third-order valence-electron chi connectivity index (χ3n) is 2.08. The van der Waals surface area contributed by atoms with E-state index in [-0.39, 0.29) is 5.63 Å². The fourth-order valence-corrected chi connectivity index (χ4v) is 1.97. The molecule has 0 fully saturated rings. The monoisotopic (exact) mass is 264 g/mol. The summed E-state index contributed by atoms with van der Waals surface area (Å²) >= 11 is 3.45. The Bertz CT molecular complexity index is 543. The fraction of sp³-hybridized carbons (Fsp3) is 0.0833. The predicted molar refractivity (Wildman–Crippen MR) is 62.9 cm³/mol. The molecule has 0 saturated carbocycles. The van der Waals surface area contributed by atoms with E-state index >= 15 is 0 Å². The summed E-state index contributed by atoms with van der Waals surface area (Å²) in [6, 6.07) is 11.1. The molecule has 0 unspecified atom stereocenters. The van der Waals surface area contributed by atoms with Gasteiger partial charge in [-0.1, -0.05) is 34.1 Å². The lowest BCUT2D eigenvalue weighted by molar-refractivity contribution is 0.481. The molecule has 2 nitrogen and oxygen atoms in total. The van der Waals surface area contributed by atoms with Gasteiger partial charge >= 0.3 is 5.63 Å². The first-order valence-corrected chi connectivity index (χ1v) is 5.33. The van der Waals surface area contributed by atoms with Crippen LogP contribution in [0.5, 0.6) is 0 Å². The maximum Gasteiger partial charge on any atom is 0.336 e. The van der Waals surface area contributed by atoms with E-state index in [0.717, 1.165) is 15.6 Å². The molecule has 0 aliphatic heterocycles. The van der Waals surface area contributed by atoms with E-state index in [4.69, 9.17) is 4.42 Å². The Hall–Kier alpha value is -1.35. The Labute approximate surface area is 95.7 Å². The molecule has 0 saturated heterocycles. The third kappa shape index (κ3) is 2.18. The third-order valence-corrected chi connectivity index (χ3v) is 2.77. The zero-order chi connectivity index (χ0) is 10.8. The number of rotatable bonds is 1. The molecule has 0 spiro atoms. The molecule has 0 aliphatic carbocycles. The molecule has 1 aromatic heterocycles. The number of halogens is 1. The minimum atomic E-state index is -0.319. The molecule has 0 radical (unpaired) electrons. The molecule has 76 valence electrons. The molecule has 15 heavy (non-hydrogen) atoms. The Morgan fingerprint density at radius 2 is 1.93 bits per heavy atom. The normalized spacial score (nSPS) is 10.3. The summed E-state index contributed by atoms with van der Waals surface area (Å²) < 4.78 is 5.88. The second-order valence-corrected chi connectivity index (χ2v) is 4.11. The molecule has 1 heterocycles. The lowest BCUT2D eigenvalue weighted by atomic mass is 10.1. The van der Waals surface area contributed by atoms with E-state index < -0.39 is 0 Å². The van der Waals surface area contributed by atoms with Gasteiger partial charge in [0.25, 0.3) is 0 Å². The van der Waals surface area contributed by atoms with Crippen LogP contribution in [0.15, 0.2) is 50.1 Å². The van der Waals surface area contributed by atoms with E-state index in [9.17, 15) is 4.79 Å². The molecular weight excluding hydrogens is 256 g/mol. The highest BCUT2D eigenvalue weighted by Gasteiger charge is 2.04. The van der Waals surface area contributed by atoms with E-state index in [1.807, 2.05) is 30.3 Å². The van der Waals surface area contributed by atoms with E-state index in [1.165, 1.54) is 6.07 Å². The highest BCUT2D eigenvalue weighted by molar-refractivity contribution is 9.10. The van der Waals surface area contributed by atoms with Gasteiger partial charge in [0.2, 0.25) is 0 Å². The van der Waals surface area contributed by atoms with E-state index in [2.05, 4.69) is 15.9 Å². The zero-order valence-corrected chi connectivity index (χ0v) is 9.74. The largest absolute Gasteiger partial charge is 0.428 e. The van der Waals surface area contributed by atoms with Crippen molar-refractivity contribution in [2.75, 3.05) is 0 Å². The Kier molecular flexibility index (Phi) is 2.73. The summed E-state index contributed by atoms with van der Waals surface area (Å²) in [5.41, 5.74) is 1.55. The molecule has 0 N–H and O–H groups in total. The van der Waals surface area contributed by atoms with Gasteiger partial charge in [-0.25, -0.2) is 4.79 Å². The molecule has 2 aromatic rings. The van der Waals surface area contributed by atoms with Gasteiger partial charge in [-0.2, -0.15) is 0 Å². The first-order valence-electron chi connectivity index (χ1n) is 4.53. The number of aryl methyl sites for hydroxylation is 1. The maximum atomic E-state index is 11.2. The van der Waals surface area contributed by atoms with Gasteiger partial charge in [0.1, 0.15) is 5.76 Å². The second kappa shape index (κ2) is 4.03. The van der Waals surface area contributed by atoms with Gasteiger partial charge in [0.15, 0.2) is 0 Å².